The molecule has 0 aromatic carbocycles. The largest absolute Gasteiger partial charge is 0.462 e. The first-order chi connectivity index (χ1) is 12.4. The summed E-state index contributed by atoms with van der Waals surface area (Å²) < 4.78 is 5.85. The van der Waals surface area contributed by atoms with Crippen molar-refractivity contribution in [1.29, 1.82) is 0 Å². The molecule has 0 N–H and O–H groups in total. The molecule has 0 heterocycles. The Morgan fingerprint density at radius 2 is 1.00 bits per heavy atom. The van der Waals surface area contributed by atoms with E-state index in [0.29, 0.717) is 0 Å². The molecule has 0 aliphatic rings. The van der Waals surface area contributed by atoms with Crippen molar-refractivity contribution in [1.82, 2.24) is 0 Å². The zero-order chi connectivity index (χ0) is 19.7. The van der Waals surface area contributed by atoms with Crippen LogP contribution in [0.25, 0.3) is 0 Å². The van der Waals surface area contributed by atoms with Gasteiger partial charge < -0.3 is 4.74 Å². The first-order valence-corrected chi connectivity index (χ1v) is 11.6. The Hall–Kier alpha value is -0.530. The van der Waals surface area contributed by atoms with Gasteiger partial charge in [0.2, 0.25) is 0 Å². The van der Waals surface area contributed by atoms with Crippen molar-refractivity contribution in [3.05, 3.63) is 0 Å². The molecule has 0 aliphatic heterocycles. The second kappa shape index (κ2) is 16.6. The smallest absolute Gasteiger partial charge is 0.311 e. The molecule has 0 bridgehead atoms. The van der Waals surface area contributed by atoms with Gasteiger partial charge in [-0.3, -0.25) is 4.79 Å². The number of rotatable bonds is 17. The summed E-state index contributed by atoms with van der Waals surface area (Å²) in [4.78, 5) is 12.2. The molecule has 0 spiro atoms. The van der Waals surface area contributed by atoms with E-state index in [2.05, 4.69) is 13.8 Å². The second-order valence-electron chi connectivity index (χ2n) is 9.10. The molecule has 0 fully saturated rings. The van der Waals surface area contributed by atoms with Gasteiger partial charge in [0.25, 0.3) is 0 Å². The quantitative estimate of drug-likeness (QED) is 0.191. The van der Waals surface area contributed by atoms with Crippen LogP contribution in [0.15, 0.2) is 0 Å². The third-order valence-corrected chi connectivity index (χ3v) is 5.15. The average Bonchev–Trinajstić information content (AvgIpc) is 2.58. The molecule has 0 aromatic heterocycles. The van der Waals surface area contributed by atoms with E-state index in [1.807, 2.05) is 20.8 Å². The van der Waals surface area contributed by atoms with Gasteiger partial charge in [0, 0.05) is 0 Å². The molecule has 2 heteroatoms. The highest BCUT2D eigenvalue weighted by molar-refractivity contribution is 5.75. The number of carbonyl (C=O) groups is 1. The molecule has 0 radical (unpaired) electrons. The predicted molar refractivity (Wildman–Crippen MR) is 115 cm³/mol. The topological polar surface area (TPSA) is 26.3 Å². The maximum Gasteiger partial charge on any atom is 0.311 e. The van der Waals surface area contributed by atoms with Gasteiger partial charge in [-0.15, -0.1) is 0 Å². The normalized spacial score (nSPS) is 13.0. The Morgan fingerprint density at radius 1 is 0.654 bits per heavy atom. The monoisotopic (exact) mass is 368 g/mol. The average molecular weight is 369 g/mol. The third kappa shape index (κ3) is 15.7. The van der Waals surface area contributed by atoms with Crippen molar-refractivity contribution in [3.63, 3.8) is 0 Å². The van der Waals surface area contributed by atoms with Gasteiger partial charge >= 0.3 is 5.97 Å². The van der Waals surface area contributed by atoms with E-state index < -0.39 is 0 Å². The van der Waals surface area contributed by atoms with Crippen LogP contribution in [0.3, 0.4) is 0 Å². The lowest BCUT2D eigenvalue weighted by atomic mass is 9.96. The summed E-state index contributed by atoms with van der Waals surface area (Å²) in [5.41, 5.74) is -0.390. The molecule has 1 atom stereocenters. The number of unbranched alkanes of at least 4 members (excludes halogenated alkanes) is 12. The second-order valence-corrected chi connectivity index (χ2v) is 9.10. The van der Waals surface area contributed by atoms with E-state index in [9.17, 15) is 4.79 Å². The number of carbonyl (C=O) groups excluding carboxylic acids is 1. The molecule has 0 aliphatic carbocycles. The molecule has 1 unspecified atom stereocenters. The number of ether oxygens (including phenoxy) is 1. The zero-order valence-corrected chi connectivity index (χ0v) is 18.7. The van der Waals surface area contributed by atoms with Crippen LogP contribution in [-0.4, -0.2) is 12.1 Å². The molecule has 0 aromatic rings. The fourth-order valence-corrected chi connectivity index (χ4v) is 3.25. The molecule has 0 saturated carbocycles. The van der Waals surface area contributed by atoms with Gasteiger partial charge in [0.15, 0.2) is 0 Å². The predicted octanol–water partition coefficient (Wildman–Crippen LogP) is 8.23. The number of hydrogen-bond donors (Lipinski definition) is 0. The van der Waals surface area contributed by atoms with Gasteiger partial charge in [-0.05, 0) is 46.5 Å². The van der Waals surface area contributed by atoms with Crippen LogP contribution in [-0.2, 0) is 9.53 Å². The maximum atomic E-state index is 12.2. The van der Waals surface area contributed by atoms with Gasteiger partial charge in [-0.25, -0.2) is 0 Å². The Kier molecular flexibility index (Phi) is 16.3. The molecule has 0 saturated heterocycles. The number of hydrogen-bond acceptors (Lipinski definition) is 2. The van der Waals surface area contributed by atoms with Crippen LogP contribution in [0.1, 0.15) is 137 Å². The van der Waals surface area contributed by atoms with Gasteiger partial charge in [-0.2, -0.15) is 0 Å². The molecule has 0 rings (SSSR count). The Balaban J connectivity index is 3.97. The van der Waals surface area contributed by atoms with E-state index in [4.69, 9.17) is 4.74 Å². The van der Waals surface area contributed by atoms with E-state index in [0.717, 1.165) is 12.8 Å². The molecular formula is C24H48O2. The first kappa shape index (κ1) is 25.5. The standard InChI is InChI=1S/C24H48O2/c1-6-8-10-12-13-14-15-17-19-21-22(20-18-16-11-9-7-2)26-23(25)24(3,4)5/h22H,6-21H2,1-5H3. The van der Waals surface area contributed by atoms with Crippen molar-refractivity contribution in [3.8, 4) is 0 Å². The molecule has 2 nitrogen and oxygen atoms in total. The highest BCUT2D eigenvalue weighted by Gasteiger charge is 2.26. The van der Waals surface area contributed by atoms with Crippen LogP contribution in [0.5, 0.6) is 0 Å². The van der Waals surface area contributed by atoms with E-state index in [1.54, 1.807) is 0 Å². The van der Waals surface area contributed by atoms with E-state index in [-0.39, 0.29) is 17.5 Å². The van der Waals surface area contributed by atoms with Crippen LogP contribution in [0, 0.1) is 5.41 Å². The highest BCUT2D eigenvalue weighted by atomic mass is 16.5. The summed E-state index contributed by atoms with van der Waals surface area (Å²) in [7, 11) is 0. The Bertz CT molecular complexity index is 317. The van der Waals surface area contributed by atoms with Crippen LogP contribution in [0.2, 0.25) is 0 Å². The molecule has 0 amide bonds. The Morgan fingerprint density at radius 3 is 1.35 bits per heavy atom. The van der Waals surface area contributed by atoms with Crippen LogP contribution < -0.4 is 0 Å². The first-order valence-electron chi connectivity index (χ1n) is 11.6. The zero-order valence-electron chi connectivity index (χ0n) is 18.7. The van der Waals surface area contributed by atoms with Crippen molar-refractivity contribution in [2.45, 2.75) is 143 Å². The summed E-state index contributed by atoms with van der Waals surface area (Å²) in [6.07, 6.45) is 20.7. The summed E-state index contributed by atoms with van der Waals surface area (Å²) >= 11 is 0. The minimum absolute atomic E-state index is 0.0352. The lowest BCUT2D eigenvalue weighted by Crippen LogP contribution is -2.28. The van der Waals surface area contributed by atoms with Crippen LogP contribution >= 0.6 is 0 Å². The maximum absolute atomic E-state index is 12.2. The van der Waals surface area contributed by atoms with Crippen molar-refractivity contribution < 1.29 is 9.53 Å². The summed E-state index contributed by atoms with van der Waals surface area (Å²) in [6, 6.07) is 0. The Labute approximate surface area is 164 Å². The van der Waals surface area contributed by atoms with Gasteiger partial charge in [0.1, 0.15) is 6.10 Å². The van der Waals surface area contributed by atoms with E-state index in [1.165, 1.54) is 89.9 Å². The summed E-state index contributed by atoms with van der Waals surface area (Å²) in [6.45, 7) is 10.4. The highest BCUT2D eigenvalue weighted by Crippen LogP contribution is 2.22. The molecular weight excluding hydrogens is 320 g/mol. The van der Waals surface area contributed by atoms with Crippen LogP contribution in [0.4, 0.5) is 0 Å². The van der Waals surface area contributed by atoms with Crippen molar-refractivity contribution in [2.75, 3.05) is 0 Å². The van der Waals surface area contributed by atoms with Crippen molar-refractivity contribution in [2.24, 2.45) is 5.41 Å². The third-order valence-electron chi connectivity index (χ3n) is 5.15. The molecule has 156 valence electrons. The fraction of sp³-hybridized carbons (Fsp3) is 0.958. The summed E-state index contributed by atoms with van der Waals surface area (Å²) in [5, 5.41) is 0. The van der Waals surface area contributed by atoms with E-state index >= 15 is 0 Å². The van der Waals surface area contributed by atoms with Crippen molar-refractivity contribution >= 4 is 5.97 Å². The lowest BCUT2D eigenvalue weighted by molar-refractivity contribution is -0.159. The summed E-state index contributed by atoms with van der Waals surface area (Å²) in [5.74, 6) is -0.0352. The van der Waals surface area contributed by atoms with Gasteiger partial charge in [-0.1, -0.05) is 90.9 Å². The lowest BCUT2D eigenvalue weighted by Gasteiger charge is -2.23. The van der Waals surface area contributed by atoms with Gasteiger partial charge in [0.05, 0.1) is 5.41 Å². The molecule has 26 heavy (non-hydrogen) atoms. The number of esters is 1. The SMILES string of the molecule is CCCCCCCCCCCC(CCCCCCC)OC(=O)C(C)(C)C. The minimum atomic E-state index is -0.390. The minimum Gasteiger partial charge on any atom is -0.462 e. The fourth-order valence-electron chi connectivity index (χ4n) is 3.25.